The molecule has 110 valence electrons. The van der Waals surface area contributed by atoms with Crippen molar-refractivity contribution in [2.45, 2.75) is 12.8 Å². The Morgan fingerprint density at radius 2 is 1.80 bits per heavy atom. The molecule has 1 saturated heterocycles. The van der Waals surface area contributed by atoms with E-state index in [1.165, 1.54) is 10.6 Å². The first kappa shape index (κ1) is 15.7. The van der Waals surface area contributed by atoms with Crippen LogP contribution in [0.3, 0.4) is 0 Å². The fraction of sp³-hybridized carbons (Fsp3) is 0.462. The van der Waals surface area contributed by atoms with Crippen LogP contribution in [0.5, 0.6) is 0 Å². The summed E-state index contributed by atoms with van der Waals surface area (Å²) in [5.41, 5.74) is 0.779. The highest BCUT2D eigenvalue weighted by Gasteiger charge is 2.28. The molecule has 0 spiro atoms. The summed E-state index contributed by atoms with van der Waals surface area (Å²) in [7, 11) is -3.14. The summed E-state index contributed by atoms with van der Waals surface area (Å²) in [6, 6.07) is 7.60. The third-order valence-electron chi connectivity index (χ3n) is 3.41. The highest BCUT2D eigenvalue weighted by Crippen LogP contribution is 2.21. The minimum absolute atomic E-state index is 0.0284. The van der Waals surface area contributed by atoms with E-state index < -0.39 is 10.0 Å². The van der Waals surface area contributed by atoms with Crippen LogP contribution in [-0.4, -0.2) is 38.0 Å². The molecule has 7 heteroatoms. The van der Waals surface area contributed by atoms with Crippen molar-refractivity contribution in [1.29, 1.82) is 0 Å². The van der Waals surface area contributed by atoms with Crippen LogP contribution in [0.2, 0.25) is 0 Å². The summed E-state index contributed by atoms with van der Waals surface area (Å²) in [6.07, 6.45) is 2.35. The van der Waals surface area contributed by atoms with Crippen molar-refractivity contribution in [2.24, 2.45) is 5.92 Å². The molecule has 1 heterocycles. The van der Waals surface area contributed by atoms with Crippen LogP contribution in [-0.2, 0) is 14.8 Å². The standard InChI is InChI=1S/C13H17IN2O3S/c1-20(18,19)16-8-6-10(7-9-16)13(17)15-12-4-2-11(14)3-5-12/h2-5,10H,6-9H2,1H3,(H,15,17). The van der Waals surface area contributed by atoms with Gasteiger partial charge in [-0.15, -0.1) is 0 Å². The molecule has 1 aliphatic heterocycles. The van der Waals surface area contributed by atoms with Crippen LogP contribution < -0.4 is 5.32 Å². The number of amides is 1. The largest absolute Gasteiger partial charge is 0.326 e. The molecule has 20 heavy (non-hydrogen) atoms. The predicted octanol–water partition coefficient (Wildman–Crippen LogP) is 1.90. The molecule has 2 rings (SSSR count). The third-order valence-corrected chi connectivity index (χ3v) is 5.43. The quantitative estimate of drug-likeness (QED) is 0.778. The maximum absolute atomic E-state index is 12.1. The molecule has 1 N–H and O–H groups in total. The number of piperidine rings is 1. The Morgan fingerprint density at radius 1 is 1.25 bits per heavy atom. The summed E-state index contributed by atoms with van der Waals surface area (Å²) in [5.74, 6) is -0.147. The van der Waals surface area contributed by atoms with Gasteiger partial charge in [0.25, 0.3) is 0 Å². The molecule has 0 aliphatic carbocycles. The highest BCUT2D eigenvalue weighted by molar-refractivity contribution is 14.1. The fourth-order valence-electron chi connectivity index (χ4n) is 2.23. The Morgan fingerprint density at radius 3 is 2.30 bits per heavy atom. The van der Waals surface area contributed by atoms with Gasteiger partial charge in [-0.1, -0.05) is 0 Å². The fourth-order valence-corrected chi connectivity index (χ4v) is 3.46. The Hall–Kier alpha value is -0.670. The first-order valence-electron chi connectivity index (χ1n) is 6.38. The van der Waals surface area contributed by atoms with Gasteiger partial charge in [0.05, 0.1) is 6.26 Å². The molecule has 0 bridgehead atoms. The molecule has 1 aromatic rings. The lowest BCUT2D eigenvalue weighted by Crippen LogP contribution is -2.40. The minimum Gasteiger partial charge on any atom is -0.326 e. The van der Waals surface area contributed by atoms with Crippen LogP contribution in [0.15, 0.2) is 24.3 Å². The summed E-state index contributed by atoms with van der Waals surface area (Å²) in [6.45, 7) is 0.840. The van der Waals surface area contributed by atoms with Gasteiger partial charge in [0.1, 0.15) is 0 Å². The lowest BCUT2D eigenvalue weighted by molar-refractivity contribution is -0.120. The van der Waals surface area contributed by atoms with E-state index >= 15 is 0 Å². The minimum atomic E-state index is -3.14. The number of rotatable bonds is 3. The van der Waals surface area contributed by atoms with Crippen molar-refractivity contribution in [2.75, 3.05) is 24.7 Å². The van der Waals surface area contributed by atoms with Gasteiger partial charge in [-0.2, -0.15) is 0 Å². The van der Waals surface area contributed by atoms with Crippen molar-refractivity contribution in [3.05, 3.63) is 27.8 Å². The van der Waals surface area contributed by atoms with E-state index in [9.17, 15) is 13.2 Å². The number of hydrogen-bond acceptors (Lipinski definition) is 3. The second kappa shape index (κ2) is 6.40. The van der Waals surface area contributed by atoms with E-state index in [1.54, 1.807) is 0 Å². The molecular formula is C13H17IN2O3S. The molecule has 0 unspecified atom stereocenters. The van der Waals surface area contributed by atoms with Crippen LogP contribution >= 0.6 is 22.6 Å². The zero-order valence-electron chi connectivity index (χ0n) is 11.2. The second-order valence-electron chi connectivity index (χ2n) is 4.93. The average Bonchev–Trinajstić information content (AvgIpc) is 2.40. The average molecular weight is 408 g/mol. The lowest BCUT2D eigenvalue weighted by atomic mass is 9.97. The van der Waals surface area contributed by atoms with E-state index in [-0.39, 0.29) is 11.8 Å². The van der Waals surface area contributed by atoms with E-state index in [4.69, 9.17) is 0 Å². The number of benzene rings is 1. The maximum atomic E-state index is 12.1. The van der Waals surface area contributed by atoms with Crippen LogP contribution in [0, 0.1) is 9.49 Å². The number of carbonyl (C=O) groups is 1. The monoisotopic (exact) mass is 408 g/mol. The summed E-state index contributed by atoms with van der Waals surface area (Å²) in [5, 5.41) is 2.88. The van der Waals surface area contributed by atoms with Gasteiger partial charge in [0.15, 0.2) is 0 Å². The molecule has 0 atom stereocenters. The summed E-state index contributed by atoms with van der Waals surface area (Å²) in [4.78, 5) is 12.1. The topological polar surface area (TPSA) is 66.5 Å². The predicted molar refractivity (Wildman–Crippen MR) is 86.9 cm³/mol. The molecule has 0 saturated carbocycles. The Balaban J connectivity index is 1.90. The second-order valence-corrected chi connectivity index (χ2v) is 8.16. The van der Waals surface area contributed by atoms with Gasteiger partial charge in [0, 0.05) is 28.3 Å². The van der Waals surface area contributed by atoms with Gasteiger partial charge < -0.3 is 5.32 Å². The normalized spacial score (nSPS) is 17.9. The van der Waals surface area contributed by atoms with Crippen molar-refractivity contribution in [3.8, 4) is 0 Å². The molecule has 1 amide bonds. The lowest BCUT2D eigenvalue weighted by Gasteiger charge is -2.29. The Kier molecular flexibility index (Phi) is 5.03. The van der Waals surface area contributed by atoms with Crippen LogP contribution in [0.4, 0.5) is 5.69 Å². The van der Waals surface area contributed by atoms with Gasteiger partial charge in [-0.05, 0) is 59.7 Å². The maximum Gasteiger partial charge on any atom is 0.227 e. The van der Waals surface area contributed by atoms with Crippen molar-refractivity contribution in [1.82, 2.24) is 4.31 Å². The van der Waals surface area contributed by atoms with Gasteiger partial charge in [-0.3, -0.25) is 4.79 Å². The van der Waals surface area contributed by atoms with E-state index in [0.29, 0.717) is 25.9 Å². The summed E-state index contributed by atoms with van der Waals surface area (Å²) < 4.78 is 25.4. The number of nitrogens with one attached hydrogen (secondary N) is 1. The molecular weight excluding hydrogens is 391 g/mol. The molecule has 0 aromatic heterocycles. The molecule has 1 fully saturated rings. The molecule has 1 aromatic carbocycles. The number of hydrogen-bond donors (Lipinski definition) is 1. The van der Waals surface area contributed by atoms with Gasteiger partial charge in [0.2, 0.25) is 15.9 Å². The third kappa shape index (κ3) is 4.16. The van der Waals surface area contributed by atoms with E-state index in [2.05, 4.69) is 27.9 Å². The van der Waals surface area contributed by atoms with Crippen molar-refractivity contribution >= 4 is 44.2 Å². The zero-order chi connectivity index (χ0) is 14.8. The highest BCUT2D eigenvalue weighted by atomic mass is 127. The molecule has 1 aliphatic rings. The molecule has 0 radical (unpaired) electrons. The van der Waals surface area contributed by atoms with E-state index in [0.717, 1.165) is 9.26 Å². The number of anilines is 1. The first-order chi connectivity index (χ1) is 9.36. The van der Waals surface area contributed by atoms with Crippen LogP contribution in [0.25, 0.3) is 0 Å². The van der Waals surface area contributed by atoms with Crippen LogP contribution in [0.1, 0.15) is 12.8 Å². The summed E-state index contributed by atoms with van der Waals surface area (Å²) >= 11 is 2.21. The molecule has 5 nitrogen and oxygen atoms in total. The van der Waals surface area contributed by atoms with Crippen molar-refractivity contribution in [3.63, 3.8) is 0 Å². The number of carbonyl (C=O) groups excluding carboxylic acids is 1. The SMILES string of the molecule is CS(=O)(=O)N1CCC(C(=O)Nc2ccc(I)cc2)CC1. The zero-order valence-corrected chi connectivity index (χ0v) is 14.1. The van der Waals surface area contributed by atoms with E-state index in [1.807, 2.05) is 24.3 Å². The Bertz CT molecular complexity index is 578. The van der Waals surface area contributed by atoms with Crippen molar-refractivity contribution < 1.29 is 13.2 Å². The van der Waals surface area contributed by atoms with Gasteiger partial charge >= 0.3 is 0 Å². The number of halogens is 1. The van der Waals surface area contributed by atoms with Gasteiger partial charge in [-0.25, -0.2) is 12.7 Å². The first-order valence-corrected chi connectivity index (χ1v) is 9.30. The number of nitrogens with zero attached hydrogens (tertiary/aromatic N) is 1. The number of sulfonamides is 1. The smallest absolute Gasteiger partial charge is 0.227 e. The Labute approximate surface area is 132 Å².